The first-order valence-corrected chi connectivity index (χ1v) is 9.99. The molecule has 1 aromatic heterocycles. The molecule has 1 aliphatic rings. The molecule has 0 radical (unpaired) electrons. The number of benzene rings is 2. The topological polar surface area (TPSA) is 83.2 Å². The van der Waals surface area contributed by atoms with Gasteiger partial charge in [0, 0.05) is 35.6 Å². The number of methoxy groups -OCH3 is 1. The van der Waals surface area contributed by atoms with Crippen molar-refractivity contribution in [3.05, 3.63) is 71.2 Å². The molecule has 1 aliphatic heterocycles. The summed E-state index contributed by atoms with van der Waals surface area (Å²) in [7, 11) is 1.37. The molecule has 0 spiro atoms. The number of para-hydroxylation sites is 1. The molecule has 4 rings (SSSR count). The van der Waals surface area contributed by atoms with Gasteiger partial charge < -0.3 is 15.0 Å². The lowest BCUT2D eigenvalue weighted by Gasteiger charge is -2.30. The average molecular weight is 409 g/mol. The molecule has 156 valence electrons. The third-order valence-corrected chi connectivity index (χ3v) is 5.57. The number of aromatic amines is 1. The second-order valence-electron chi connectivity index (χ2n) is 7.50. The van der Waals surface area contributed by atoms with Crippen LogP contribution in [0, 0.1) is 5.82 Å². The summed E-state index contributed by atoms with van der Waals surface area (Å²) in [5.41, 5.74) is 3.96. The highest BCUT2D eigenvalue weighted by atomic mass is 19.1. The van der Waals surface area contributed by atoms with Crippen LogP contribution in [0.25, 0.3) is 10.9 Å². The monoisotopic (exact) mass is 409 g/mol. The number of aromatic nitrogens is 1. The summed E-state index contributed by atoms with van der Waals surface area (Å²) in [4.78, 5) is 28.0. The Hall–Kier alpha value is -3.19. The number of fused-ring (bicyclic) bond motifs is 3. The van der Waals surface area contributed by atoms with E-state index in [0.29, 0.717) is 19.4 Å². The highest BCUT2D eigenvalue weighted by Crippen LogP contribution is 2.34. The first-order valence-electron chi connectivity index (χ1n) is 9.99. The Balaban J connectivity index is 1.53. The maximum absolute atomic E-state index is 13.1. The molecular weight excluding hydrogens is 385 g/mol. The van der Waals surface area contributed by atoms with Crippen molar-refractivity contribution in [1.29, 1.82) is 0 Å². The van der Waals surface area contributed by atoms with Crippen LogP contribution in [0.4, 0.5) is 4.39 Å². The summed E-state index contributed by atoms with van der Waals surface area (Å²) in [6.45, 7) is 0.324. The molecule has 3 N–H and O–H groups in total. The first-order chi connectivity index (χ1) is 14.5. The van der Waals surface area contributed by atoms with Crippen molar-refractivity contribution in [2.75, 3.05) is 7.11 Å². The third kappa shape index (κ3) is 4.21. The number of hydrogen-bond acceptors (Lipinski definition) is 4. The highest BCUT2D eigenvalue weighted by Gasteiger charge is 2.33. The summed E-state index contributed by atoms with van der Waals surface area (Å²) in [5, 5.41) is 7.41. The van der Waals surface area contributed by atoms with Crippen molar-refractivity contribution in [3.63, 3.8) is 0 Å². The van der Waals surface area contributed by atoms with Gasteiger partial charge in [0.2, 0.25) is 5.91 Å². The van der Waals surface area contributed by atoms with E-state index in [0.717, 1.165) is 27.7 Å². The Kier molecular flexibility index (Phi) is 5.81. The predicted octanol–water partition coefficient (Wildman–Crippen LogP) is 3.13. The van der Waals surface area contributed by atoms with Crippen LogP contribution in [-0.4, -0.2) is 30.0 Å². The van der Waals surface area contributed by atoms with E-state index in [1.165, 1.54) is 19.2 Å². The number of H-pyrrole nitrogens is 1. The molecule has 7 heteroatoms. The fraction of sp³-hybridized carbons (Fsp3) is 0.304. The van der Waals surface area contributed by atoms with E-state index in [-0.39, 0.29) is 30.2 Å². The Morgan fingerprint density at radius 1 is 1.17 bits per heavy atom. The lowest BCUT2D eigenvalue weighted by Crippen LogP contribution is -2.49. The molecular formula is C23H24FN3O3. The van der Waals surface area contributed by atoms with E-state index < -0.39 is 6.04 Å². The number of esters is 1. The zero-order valence-electron chi connectivity index (χ0n) is 16.7. The molecule has 0 saturated heterocycles. The van der Waals surface area contributed by atoms with Crippen LogP contribution >= 0.6 is 0 Å². The number of amides is 1. The number of carbonyl (C=O) groups excluding carboxylic acids is 2. The van der Waals surface area contributed by atoms with Crippen molar-refractivity contribution in [3.8, 4) is 0 Å². The number of nitrogens with one attached hydrogen (secondary N) is 3. The molecule has 0 unspecified atom stereocenters. The molecule has 0 bridgehead atoms. The largest absolute Gasteiger partial charge is 0.469 e. The van der Waals surface area contributed by atoms with Crippen LogP contribution in [0.1, 0.15) is 35.7 Å². The molecule has 2 heterocycles. The van der Waals surface area contributed by atoms with Gasteiger partial charge in [-0.15, -0.1) is 0 Å². The minimum Gasteiger partial charge on any atom is -0.469 e. The summed E-state index contributed by atoms with van der Waals surface area (Å²) < 4.78 is 17.9. The fourth-order valence-corrected chi connectivity index (χ4v) is 4.00. The Bertz CT molecular complexity index is 1060. The van der Waals surface area contributed by atoms with Crippen LogP contribution in [0.5, 0.6) is 0 Å². The van der Waals surface area contributed by atoms with Gasteiger partial charge in [0.1, 0.15) is 5.82 Å². The molecule has 0 aliphatic carbocycles. The molecule has 1 amide bonds. The third-order valence-electron chi connectivity index (χ3n) is 5.57. The van der Waals surface area contributed by atoms with E-state index in [4.69, 9.17) is 4.74 Å². The number of carbonyl (C=O) groups is 2. The van der Waals surface area contributed by atoms with Crippen molar-refractivity contribution in [2.24, 2.45) is 0 Å². The maximum atomic E-state index is 13.1. The molecule has 6 nitrogen and oxygen atoms in total. The molecule has 3 aromatic rings. The minimum atomic E-state index is -0.431. The number of halogens is 1. The molecule has 2 atom stereocenters. The second-order valence-corrected chi connectivity index (χ2v) is 7.50. The smallest absolute Gasteiger partial charge is 0.305 e. The van der Waals surface area contributed by atoms with E-state index in [9.17, 15) is 14.0 Å². The predicted molar refractivity (Wildman–Crippen MR) is 111 cm³/mol. The SMILES string of the molecule is COC(=O)CC[C@H]1N[C@H](C(=O)NCc2ccc(F)cc2)Cc2c1[nH]c1ccccc21. The molecule has 2 aromatic carbocycles. The Morgan fingerprint density at radius 2 is 1.93 bits per heavy atom. The van der Waals surface area contributed by atoms with Gasteiger partial charge in [0.05, 0.1) is 13.2 Å². The minimum absolute atomic E-state index is 0.127. The van der Waals surface area contributed by atoms with Crippen LogP contribution < -0.4 is 10.6 Å². The van der Waals surface area contributed by atoms with Crippen molar-refractivity contribution in [2.45, 2.75) is 37.9 Å². The van der Waals surface area contributed by atoms with Crippen molar-refractivity contribution >= 4 is 22.8 Å². The lowest BCUT2D eigenvalue weighted by atomic mass is 9.91. The van der Waals surface area contributed by atoms with Crippen LogP contribution in [0.2, 0.25) is 0 Å². The van der Waals surface area contributed by atoms with Gasteiger partial charge in [-0.3, -0.25) is 14.9 Å². The zero-order valence-corrected chi connectivity index (χ0v) is 16.7. The van der Waals surface area contributed by atoms with E-state index in [1.54, 1.807) is 12.1 Å². The molecule has 0 fully saturated rings. The fourth-order valence-electron chi connectivity index (χ4n) is 4.00. The normalized spacial score (nSPS) is 18.1. The van der Waals surface area contributed by atoms with Gasteiger partial charge >= 0.3 is 5.97 Å². The van der Waals surface area contributed by atoms with Gasteiger partial charge in [-0.2, -0.15) is 0 Å². The summed E-state index contributed by atoms with van der Waals surface area (Å²) in [5.74, 6) is -0.713. The van der Waals surface area contributed by atoms with Crippen LogP contribution in [-0.2, 0) is 27.3 Å². The zero-order chi connectivity index (χ0) is 21.1. The van der Waals surface area contributed by atoms with Crippen molar-refractivity contribution < 1.29 is 18.7 Å². The van der Waals surface area contributed by atoms with Crippen molar-refractivity contribution in [1.82, 2.24) is 15.6 Å². The number of ether oxygens (including phenoxy) is 1. The first kappa shape index (κ1) is 20.1. The molecule has 30 heavy (non-hydrogen) atoms. The maximum Gasteiger partial charge on any atom is 0.305 e. The second kappa shape index (κ2) is 8.67. The Morgan fingerprint density at radius 3 is 2.70 bits per heavy atom. The van der Waals surface area contributed by atoms with E-state index >= 15 is 0 Å². The summed E-state index contributed by atoms with van der Waals surface area (Å²) in [6, 6.07) is 13.5. The van der Waals surface area contributed by atoms with Gasteiger partial charge in [-0.1, -0.05) is 30.3 Å². The average Bonchev–Trinajstić information content (AvgIpc) is 3.15. The quantitative estimate of drug-likeness (QED) is 0.546. The molecule has 0 saturated carbocycles. The lowest BCUT2D eigenvalue weighted by molar-refractivity contribution is -0.140. The van der Waals surface area contributed by atoms with E-state index in [1.807, 2.05) is 24.3 Å². The highest BCUT2D eigenvalue weighted by molar-refractivity contribution is 5.88. The Labute approximate surface area is 173 Å². The number of hydrogen-bond donors (Lipinski definition) is 3. The van der Waals surface area contributed by atoms with E-state index in [2.05, 4.69) is 15.6 Å². The summed E-state index contributed by atoms with van der Waals surface area (Å²) in [6.07, 6.45) is 1.32. The van der Waals surface area contributed by atoms with Gasteiger partial charge in [0.15, 0.2) is 0 Å². The van der Waals surface area contributed by atoms with Gasteiger partial charge in [-0.25, -0.2) is 4.39 Å². The van der Waals surface area contributed by atoms with Gasteiger partial charge in [-0.05, 0) is 42.2 Å². The van der Waals surface area contributed by atoms with Gasteiger partial charge in [0.25, 0.3) is 0 Å². The number of rotatable bonds is 6. The van der Waals surface area contributed by atoms with Crippen LogP contribution in [0.15, 0.2) is 48.5 Å². The summed E-state index contributed by atoms with van der Waals surface area (Å²) >= 11 is 0. The standard InChI is InChI=1S/C23H24FN3O3/c1-30-21(28)11-10-19-22-17(16-4-2-3-5-18(16)27-22)12-20(26-19)23(29)25-13-14-6-8-15(24)9-7-14/h2-9,19-20,26-27H,10-13H2,1H3,(H,25,29)/t19-,20+/m1/s1. The van der Waals surface area contributed by atoms with Crippen LogP contribution in [0.3, 0.4) is 0 Å².